The Morgan fingerprint density at radius 3 is 2.79 bits per heavy atom. The minimum Gasteiger partial charge on any atom is -0.224 e. The quantitative estimate of drug-likeness (QED) is 0.737. The van der Waals surface area contributed by atoms with Crippen molar-refractivity contribution in [1.82, 2.24) is 0 Å². The standard InChI is InChI=1S/C10H11BrO2S/c11-7-8-5-6-14(12,13)10-4-2-1-3-9(8)10/h1-4,8H,5-7H2. The molecule has 1 aromatic carbocycles. The highest BCUT2D eigenvalue weighted by Crippen LogP contribution is 2.34. The van der Waals surface area contributed by atoms with Crippen molar-refractivity contribution in [2.75, 3.05) is 11.1 Å². The fourth-order valence-corrected chi connectivity index (χ4v) is 4.19. The highest BCUT2D eigenvalue weighted by atomic mass is 79.9. The zero-order valence-corrected chi connectivity index (χ0v) is 10.0. The lowest BCUT2D eigenvalue weighted by Crippen LogP contribution is -2.20. The Bertz CT molecular complexity index is 439. The van der Waals surface area contributed by atoms with E-state index in [0.29, 0.717) is 10.8 Å². The maximum atomic E-state index is 11.7. The van der Waals surface area contributed by atoms with Crippen molar-refractivity contribution < 1.29 is 8.42 Å². The molecule has 0 aromatic heterocycles. The second kappa shape index (κ2) is 3.66. The summed E-state index contributed by atoms with van der Waals surface area (Å²) in [6.07, 6.45) is 0.727. The van der Waals surface area contributed by atoms with Gasteiger partial charge in [0.25, 0.3) is 0 Å². The summed E-state index contributed by atoms with van der Waals surface area (Å²) in [6.45, 7) is 0. The molecule has 2 nitrogen and oxygen atoms in total. The van der Waals surface area contributed by atoms with Crippen LogP contribution in [0.25, 0.3) is 0 Å². The molecule has 76 valence electrons. The Balaban J connectivity index is 2.61. The van der Waals surface area contributed by atoms with Crippen molar-refractivity contribution in [2.45, 2.75) is 17.2 Å². The number of fused-ring (bicyclic) bond motifs is 1. The zero-order valence-electron chi connectivity index (χ0n) is 7.61. The summed E-state index contributed by atoms with van der Waals surface area (Å²) in [5.41, 5.74) is 0.968. The molecule has 0 saturated carbocycles. The van der Waals surface area contributed by atoms with Crippen LogP contribution >= 0.6 is 15.9 Å². The van der Waals surface area contributed by atoms with E-state index < -0.39 is 9.84 Å². The highest BCUT2D eigenvalue weighted by molar-refractivity contribution is 9.09. The van der Waals surface area contributed by atoms with Gasteiger partial charge in [-0.3, -0.25) is 0 Å². The first kappa shape index (κ1) is 10.2. The molecule has 1 heterocycles. The van der Waals surface area contributed by atoms with Gasteiger partial charge in [-0.1, -0.05) is 34.1 Å². The molecule has 0 N–H and O–H groups in total. The van der Waals surface area contributed by atoms with Gasteiger partial charge in [0.05, 0.1) is 10.6 Å². The van der Waals surface area contributed by atoms with E-state index in [1.165, 1.54) is 0 Å². The number of halogens is 1. The van der Waals surface area contributed by atoms with Crippen LogP contribution in [0, 0.1) is 0 Å². The topological polar surface area (TPSA) is 34.1 Å². The molecule has 0 amide bonds. The maximum Gasteiger partial charge on any atom is 0.178 e. The predicted molar refractivity (Wildman–Crippen MR) is 59.6 cm³/mol. The van der Waals surface area contributed by atoms with E-state index in [1.54, 1.807) is 12.1 Å². The normalized spacial score (nSPS) is 24.2. The Kier molecular flexibility index (Phi) is 2.66. The lowest BCUT2D eigenvalue weighted by Gasteiger charge is -2.23. The van der Waals surface area contributed by atoms with Crippen LogP contribution in [0.2, 0.25) is 0 Å². The molecule has 0 aliphatic carbocycles. The number of sulfone groups is 1. The SMILES string of the molecule is O=S1(=O)CCC(CBr)c2ccccc21. The number of rotatable bonds is 1. The first-order valence-electron chi connectivity index (χ1n) is 4.53. The van der Waals surface area contributed by atoms with Crippen molar-refractivity contribution >= 4 is 25.8 Å². The van der Waals surface area contributed by atoms with Crippen LogP contribution in [0.5, 0.6) is 0 Å². The lowest BCUT2D eigenvalue weighted by molar-refractivity contribution is 0.576. The summed E-state index contributed by atoms with van der Waals surface area (Å²) in [5.74, 6) is 0.620. The van der Waals surface area contributed by atoms with Crippen molar-refractivity contribution in [2.24, 2.45) is 0 Å². The van der Waals surface area contributed by atoms with E-state index in [4.69, 9.17) is 0 Å². The molecule has 0 radical (unpaired) electrons. The third kappa shape index (κ3) is 1.61. The van der Waals surface area contributed by atoms with Gasteiger partial charge in [-0.05, 0) is 24.0 Å². The summed E-state index contributed by atoms with van der Waals surface area (Å²) < 4.78 is 23.4. The summed E-state index contributed by atoms with van der Waals surface area (Å²) >= 11 is 3.42. The molecule has 1 aromatic rings. The summed E-state index contributed by atoms with van der Waals surface area (Å²) in [7, 11) is -3.01. The smallest absolute Gasteiger partial charge is 0.178 e. The molecule has 1 aliphatic rings. The van der Waals surface area contributed by atoms with Gasteiger partial charge in [0, 0.05) is 5.33 Å². The number of benzene rings is 1. The van der Waals surface area contributed by atoms with Gasteiger partial charge in [0.2, 0.25) is 0 Å². The van der Waals surface area contributed by atoms with Crippen LogP contribution in [0.4, 0.5) is 0 Å². The van der Waals surface area contributed by atoms with Crippen molar-refractivity contribution in [3.8, 4) is 0 Å². The number of hydrogen-bond donors (Lipinski definition) is 0. The minimum absolute atomic E-state index is 0.278. The molecule has 0 fully saturated rings. The molecular weight excluding hydrogens is 264 g/mol. The van der Waals surface area contributed by atoms with E-state index >= 15 is 0 Å². The third-order valence-electron chi connectivity index (χ3n) is 2.62. The highest BCUT2D eigenvalue weighted by Gasteiger charge is 2.28. The van der Waals surface area contributed by atoms with Crippen LogP contribution in [0.3, 0.4) is 0 Å². The maximum absolute atomic E-state index is 11.7. The number of hydrogen-bond acceptors (Lipinski definition) is 2. The molecule has 1 aliphatic heterocycles. The average Bonchev–Trinajstić information content (AvgIpc) is 2.18. The van der Waals surface area contributed by atoms with Crippen molar-refractivity contribution in [3.05, 3.63) is 29.8 Å². The van der Waals surface area contributed by atoms with Gasteiger partial charge in [0.1, 0.15) is 0 Å². The Morgan fingerprint density at radius 2 is 2.07 bits per heavy atom. The van der Waals surface area contributed by atoms with E-state index in [2.05, 4.69) is 15.9 Å². The first-order chi connectivity index (χ1) is 6.65. The van der Waals surface area contributed by atoms with E-state index in [-0.39, 0.29) is 5.75 Å². The van der Waals surface area contributed by atoms with E-state index in [1.807, 2.05) is 12.1 Å². The fourth-order valence-electron chi connectivity index (χ4n) is 1.82. The van der Waals surface area contributed by atoms with E-state index in [9.17, 15) is 8.42 Å². The van der Waals surface area contributed by atoms with Crippen LogP contribution in [0.1, 0.15) is 17.9 Å². The van der Waals surface area contributed by atoms with Gasteiger partial charge in [-0.15, -0.1) is 0 Å². The first-order valence-corrected chi connectivity index (χ1v) is 7.30. The Morgan fingerprint density at radius 1 is 1.36 bits per heavy atom. The lowest BCUT2D eigenvalue weighted by atomic mass is 9.98. The van der Waals surface area contributed by atoms with Crippen molar-refractivity contribution in [1.29, 1.82) is 0 Å². The summed E-state index contributed by atoms with van der Waals surface area (Å²) in [4.78, 5) is 0.524. The largest absolute Gasteiger partial charge is 0.224 e. The summed E-state index contributed by atoms with van der Waals surface area (Å²) in [6, 6.07) is 7.31. The molecule has 1 unspecified atom stereocenters. The van der Waals surface area contributed by atoms with Gasteiger partial charge < -0.3 is 0 Å². The van der Waals surface area contributed by atoms with Crippen LogP contribution in [-0.4, -0.2) is 19.5 Å². The molecule has 1 atom stereocenters. The van der Waals surface area contributed by atoms with Gasteiger partial charge >= 0.3 is 0 Å². The van der Waals surface area contributed by atoms with Gasteiger partial charge in [-0.25, -0.2) is 8.42 Å². The Labute approximate surface area is 92.4 Å². The molecule has 0 bridgehead atoms. The molecule has 2 rings (SSSR count). The zero-order chi connectivity index (χ0) is 10.2. The van der Waals surface area contributed by atoms with E-state index in [0.717, 1.165) is 17.3 Å². The molecule has 4 heteroatoms. The second-order valence-corrected chi connectivity index (χ2v) is 6.22. The van der Waals surface area contributed by atoms with Gasteiger partial charge in [-0.2, -0.15) is 0 Å². The monoisotopic (exact) mass is 274 g/mol. The van der Waals surface area contributed by atoms with Crippen LogP contribution in [-0.2, 0) is 9.84 Å². The minimum atomic E-state index is -3.01. The molecule has 0 spiro atoms. The summed E-state index contributed by atoms with van der Waals surface area (Å²) in [5, 5.41) is 0.833. The third-order valence-corrected chi connectivity index (χ3v) is 5.21. The fraction of sp³-hybridized carbons (Fsp3) is 0.400. The van der Waals surface area contributed by atoms with Gasteiger partial charge in [0.15, 0.2) is 9.84 Å². The molecular formula is C10H11BrO2S. The van der Waals surface area contributed by atoms with Crippen molar-refractivity contribution in [3.63, 3.8) is 0 Å². The molecule has 14 heavy (non-hydrogen) atoms. The average molecular weight is 275 g/mol. The molecule has 0 saturated heterocycles. The number of alkyl halides is 1. The van der Waals surface area contributed by atoms with Crippen LogP contribution in [0.15, 0.2) is 29.2 Å². The Hall–Kier alpha value is -0.350. The predicted octanol–water partition coefficient (Wildman–Crippen LogP) is 2.34. The second-order valence-electron chi connectivity index (χ2n) is 3.50. The van der Waals surface area contributed by atoms with Crippen LogP contribution < -0.4 is 0 Å².